The summed E-state index contributed by atoms with van der Waals surface area (Å²) in [5.41, 5.74) is 0.303. The van der Waals surface area contributed by atoms with E-state index in [0.29, 0.717) is 18.7 Å². The largest absolute Gasteiger partial charge is 0.339 e. The summed E-state index contributed by atoms with van der Waals surface area (Å²) >= 11 is 0. The Morgan fingerprint density at radius 2 is 1.88 bits per heavy atom. The Morgan fingerprint density at radius 1 is 1.24 bits per heavy atom. The molecule has 1 aromatic rings. The molecule has 1 aromatic carbocycles. The van der Waals surface area contributed by atoms with E-state index in [1.54, 1.807) is 11.0 Å². The lowest BCUT2D eigenvalue weighted by Gasteiger charge is -2.23. The molecule has 0 spiro atoms. The van der Waals surface area contributed by atoms with Gasteiger partial charge in [0.2, 0.25) is 10.0 Å². The van der Waals surface area contributed by atoms with Crippen LogP contribution >= 0.6 is 0 Å². The molecule has 1 aliphatic heterocycles. The number of hydrogen-bond acceptors (Lipinski definition) is 5. The van der Waals surface area contributed by atoms with Gasteiger partial charge in [-0.2, -0.15) is 4.31 Å². The van der Waals surface area contributed by atoms with E-state index in [0.717, 1.165) is 4.31 Å². The predicted octanol–water partition coefficient (Wildman–Crippen LogP) is 0.976. The minimum atomic E-state index is -3.87. The Labute approximate surface area is 149 Å². The lowest BCUT2D eigenvalue weighted by Crippen LogP contribution is -2.38. The van der Waals surface area contributed by atoms with E-state index < -0.39 is 25.9 Å². The molecule has 1 atom stereocenters. The zero-order valence-electron chi connectivity index (χ0n) is 14.7. The monoisotopic (exact) mass is 388 g/mol. The standard InChI is InChI=1S/C16H24N2O5S2/c1-4-18(5-2)16(19)13-7-6-8-15(11-13)25(22,23)17(3)14-9-10-24(20,21)12-14/h6-8,11,14H,4-5,9-10,12H2,1-3H3. The van der Waals surface area contributed by atoms with Crippen LogP contribution in [0.15, 0.2) is 29.2 Å². The smallest absolute Gasteiger partial charge is 0.253 e. The first-order valence-electron chi connectivity index (χ1n) is 8.20. The third kappa shape index (κ3) is 4.21. The van der Waals surface area contributed by atoms with Crippen molar-refractivity contribution in [2.24, 2.45) is 0 Å². The SMILES string of the molecule is CCN(CC)C(=O)c1cccc(S(=O)(=O)N(C)C2CCS(=O)(=O)C2)c1. The summed E-state index contributed by atoms with van der Waals surface area (Å²) < 4.78 is 50.0. The maximum absolute atomic E-state index is 12.8. The minimum absolute atomic E-state index is 0.00197. The molecule has 0 radical (unpaired) electrons. The van der Waals surface area contributed by atoms with E-state index in [1.807, 2.05) is 13.8 Å². The van der Waals surface area contributed by atoms with Gasteiger partial charge in [-0.05, 0) is 38.5 Å². The molecule has 2 rings (SSSR count). The lowest BCUT2D eigenvalue weighted by molar-refractivity contribution is 0.0772. The van der Waals surface area contributed by atoms with Gasteiger partial charge in [0.15, 0.2) is 9.84 Å². The second kappa shape index (κ2) is 7.43. The summed E-state index contributed by atoms with van der Waals surface area (Å²) in [5.74, 6) is -0.396. The zero-order valence-corrected chi connectivity index (χ0v) is 16.3. The predicted molar refractivity (Wildman–Crippen MR) is 95.7 cm³/mol. The lowest BCUT2D eigenvalue weighted by atomic mass is 10.2. The Morgan fingerprint density at radius 3 is 2.40 bits per heavy atom. The quantitative estimate of drug-likeness (QED) is 0.724. The minimum Gasteiger partial charge on any atom is -0.339 e. The van der Waals surface area contributed by atoms with Crippen molar-refractivity contribution in [3.8, 4) is 0 Å². The molecular formula is C16H24N2O5S2. The molecule has 0 aromatic heterocycles. The summed E-state index contributed by atoms with van der Waals surface area (Å²) in [7, 11) is -5.67. The number of rotatable bonds is 6. The Kier molecular flexibility index (Phi) is 5.90. The number of sulfonamides is 1. The summed E-state index contributed by atoms with van der Waals surface area (Å²) in [6.45, 7) is 4.78. The maximum Gasteiger partial charge on any atom is 0.253 e. The van der Waals surface area contributed by atoms with E-state index in [9.17, 15) is 21.6 Å². The topological polar surface area (TPSA) is 91.8 Å². The highest BCUT2D eigenvalue weighted by atomic mass is 32.2. The number of carbonyl (C=O) groups is 1. The number of nitrogens with zero attached hydrogens (tertiary/aromatic N) is 2. The molecule has 1 unspecified atom stereocenters. The van der Waals surface area contributed by atoms with E-state index in [-0.39, 0.29) is 28.7 Å². The van der Waals surface area contributed by atoms with Crippen LogP contribution in [0.4, 0.5) is 0 Å². The Bertz CT molecular complexity index is 845. The molecule has 0 aliphatic carbocycles. The van der Waals surface area contributed by atoms with Gasteiger partial charge in [0.1, 0.15) is 0 Å². The normalized spacial score (nSPS) is 19.9. The van der Waals surface area contributed by atoms with Crippen molar-refractivity contribution >= 4 is 25.8 Å². The zero-order chi connectivity index (χ0) is 18.8. The van der Waals surface area contributed by atoms with Crippen molar-refractivity contribution in [1.29, 1.82) is 0 Å². The first-order valence-corrected chi connectivity index (χ1v) is 11.5. The average Bonchev–Trinajstić information content (AvgIpc) is 2.95. The van der Waals surface area contributed by atoms with Crippen LogP contribution in [0.2, 0.25) is 0 Å². The van der Waals surface area contributed by atoms with Gasteiger partial charge in [-0.25, -0.2) is 16.8 Å². The van der Waals surface area contributed by atoms with E-state index in [2.05, 4.69) is 0 Å². The number of hydrogen-bond donors (Lipinski definition) is 0. The van der Waals surface area contributed by atoms with Crippen LogP contribution in [0.1, 0.15) is 30.6 Å². The molecule has 25 heavy (non-hydrogen) atoms. The fourth-order valence-electron chi connectivity index (χ4n) is 2.91. The van der Waals surface area contributed by atoms with Gasteiger partial charge in [-0.3, -0.25) is 4.79 Å². The van der Waals surface area contributed by atoms with Crippen LogP contribution in [0.25, 0.3) is 0 Å². The van der Waals surface area contributed by atoms with Gasteiger partial charge in [-0.1, -0.05) is 6.07 Å². The van der Waals surface area contributed by atoms with Crippen molar-refractivity contribution in [1.82, 2.24) is 9.21 Å². The molecule has 1 heterocycles. The number of carbonyl (C=O) groups excluding carboxylic acids is 1. The van der Waals surface area contributed by atoms with Crippen LogP contribution in [-0.4, -0.2) is 69.6 Å². The van der Waals surface area contributed by atoms with Gasteiger partial charge in [0.05, 0.1) is 16.4 Å². The molecule has 9 heteroatoms. The summed E-state index contributed by atoms with van der Waals surface area (Å²) in [6, 6.07) is 5.32. The number of sulfone groups is 1. The summed E-state index contributed by atoms with van der Waals surface area (Å²) in [5, 5.41) is 0. The van der Waals surface area contributed by atoms with Gasteiger partial charge in [0.25, 0.3) is 5.91 Å². The van der Waals surface area contributed by atoms with Crippen LogP contribution in [0.5, 0.6) is 0 Å². The van der Waals surface area contributed by atoms with Crippen molar-refractivity contribution < 1.29 is 21.6 Å². The molecule has 1 saturated heterocycles. The van der Waals surface area contributed by atoms with Crippen LogP contribution in [-0.2, 0) is 19.9 Å². The molecule has 1 aliphatic rings. The fourth-order valence-corrected chi connectivity index (χ4v) is 6.21. The van der Waals surface area contributed by atoms with Crippen molar-refractivity contribution in [3.63, 3.8) is 0 Å². The van der Waals surface area contributed by atoms with Crippen molar-refractivity contribution in [2.75, 3.05) is 31.6 Å². The highest BCUT2D eigenvalue weighted by Crippen LogP contribution is 2.24. The van der Waals surface area contributed by atoms with Crippen LogP contribution < -0.4 is 0 Å². The van der Waals surface area contributed by atoms with Crippen molar-refractivity contribution in [2.45, 2.75) is 31.2 Å². The molecule has 0 bridgehead atoms. The Hall–Kier alpha value is -1.45. The number of amides is 1. The maximum atomic E-state index is 12.8. The summed E-state index contributed by atoms with van der Waals surface area (Å²) in [4.78, 5) is 14.0. The second-order valence-corrected chi connectivity index (χ2v) is 10.3. The molecule has 1 amide bonds. The van der Waals surface area contributed by atoms with E-state index in [4.69, 9.17) is 0 Å². The highest BCUT2D eigenvalue weighted by molar-refractivity contribution is 7.92. The first-order chi connectivity index (χ1) is 11.6. The average molecular weight is 389 g/mol. The third-order valence-corrected chi connectivity index (χ3v) is 8.19. The fraction of sp³-hybridized carbons (Fsp3) is 0.562. The molecule has 0 saturated carbocycles. The number of benzene rings is 1. The van der Waals surface area contributed by atoms with Gasteiger partial charge in [0, 0.05) is 31.7 Å². The van der Waals surface area contributed by atoms with Gasteiger partial charge >= 0.3 is 0 Å². The Balaban J connectivity index is 2.31. The molecule has 140 valence electrons. The molecule has 7 nitrogen and oxygen atoms in total. The van der Waals surface area contributed by atoms with Gasteiger partial charge in [-0.15, -0.1) is 0 Å². The van der Waals surface area contributed by atoms with Crippen LogP contribution in [0, 0.1) is 0 Å². The third-order valence-electron chi connectivity index (χ3n) is 4.53. The molecule has 0 N–H and O–H groups in total. The molecular weight excluding hydrogens is 364 g/mol. The second-order valence-electron chi connectivity index (χ2n) is 6.08. The van der Waals surface area contributed by atoms with E-state index >= 15 is 0 Å². The van der Waals surface area contributed by atoms with E-state index in [1.165, 1.54) is 25.2 Å². The van der Waals surface area contributed by atoms with Crippen LogP contribution in [0.3, 0.4) is 0 Å². The summed E-state index contributed by atoms with van der Waals surface area (Å²) in [6.07, 6.45) is 0.288. The highest BCUT2D eigenvalue weighted by Gasteiger charge is 2.36. The van der Waals surface area contributed by atoms with Crippen molar-refractivity contribution in [3.05, 3.63) is 29.8 Å². The van der Waals surface area contributed by atoms with Gasteiger partial charge < -0.3 is 4.90 Å². The molecule has 1 fully saturated rings. The first kappa shape index (κ1) is 19.9.